The molecule has 0 bridgehead atoms. The number of fused-ring (bicyclic) bond motifs is 1. The maximum Gasteiger partial charge on any atom is 0.353 e. The van der Waals surface area contributed by atoms with Crippen molar-refractivity contribution in [1.82, 2.24) is 19.2 Å². The lowest BCUT2D eigenvalue weighted by Crippen LogP contribution is -2.29. The summed E-state index contributed by atoms with van der Waals surface area (Å²) >= 11 is 0. The first-order chi connectivity index (χ1) is 15.3. The third-order valence-electron chi connectivity index (χ3n) is 4.72. The van der Waals surface area contributed by atoms with E-state index in [1.165, 1.54) is 35.8 Å². The smallest absolute Gasteiger partial charge is 0.353 e. The van der Waals surface area contributed by atoms with Crippen molar-refractivity contribution >= 4 is 28.9 Å². The van der Waals surface area contributed by atoms with Crippen LogP contribution in [0.3, 0.4) is 0 Å². The van der Waals surface area contributed by atoms with Crippen LogP contribution in [0.25, 0.3) is 5.65 Å². The third-order valence-corrected chi connectivity index (χ3v) is 4.72. The van der Waals surface area contributed by atoms with Gasteiger partial charge in [-0.2, -0.15) is 0 Å². The molecule has 10 heteroatoms. The number of aromatic nitrogens is 4. The average molecular weight is 436 g/mol. The van der Waals surface area contributed by atoms with Gasteiger partial charge in [0.25, 0.3) is 0 Å². The molecule has 2 heterocycles. The van der Waals surface area contributed by atoms with Crippen LogP contribution < -0.4 is 21.1 Å². The molecule has 0 aliphatic heterocycles. The van der Waals surface area contributed by atoms with Crippen molar-refractivity contribution in [2.75, 3.05) is 17.7 Å². The lowest BCUT2D eigenvalue weighted by Gasteiger charge is -2.10. The Hall–Kier alpha value is -4.21. The Labute approximate surface area is 182 Å². The van der Waals surface area contributed by atoms with Crippen molar-refractivity contribution in [3.05, 3.63) is 76.1 Å². The van der Waals surface area contributed by atoms with Gasteiger partial charge in [0, 0.05) is 17.4 Å². The molecule has 0 saturated heterocycles. The van der Waals surface area contributed by atoms with E-state index in [1.54, 1.807) is 25.1 Å². The number of benzene rings is 2. The Balaban J connectivity index is 1.63. The van der Waals surface area contributed by atoms with Crippen LogP contribution in [-0.4, -0.2) is 32.2 Å². The summed E-state index contributed by atoms with van der Waals surface area (Å²) in [5.41, 5.74) is 2.41. The zero-order valence-electron chi connectivity index (χ0n) is 17.7. The quantitative estimate of drug-likeness (QED) is 0.482. The summed E-state index contributed by atoms with van der Waals surface area (Å²) in [4.78, 5) is 30.0. The largest absolute Gasteiger partial charge is 0.495 e. The van der Waals surface area contributed by atoms with Crippen LogP contribution in [0.4, 0.5) is 21.7 Å². The molecule has 32 heavy (non-hydrogen) atoms. The number of amides is 1. The van der Waals surface area contributed by atoms with Crippen LogP contribution in [0.15, 0.2) is 53.3 Å². The number of hydrogen-bond acceptors (Lipinski definition) is 6. The molecule has 0 radical (unpaired) electrons. The molecule has 4 rings (SSSR count). The highest BCUT2D eigenvalue weighted by Gasteiger charge is 2.16. The van der Waals surface area contributed by atoms with Gasteiger partial charge in [-0.1, -0.05) is 6.07 Å². The second-order valence-corrected chi connectivity index (χ2v) is 7.24. The lowest BCUT2D eigenvalue weighted by molar-refractivity contribution is -0.117. The van der Waals surface area contributed by atoms with Gasteiger partial charge in [0.05, 0.1) is 12.8 Å². The van der Waals surface area contributed by atoms with Crippen molar-refractivity contribution in [2.45, 2.75) is 20.4 Å². The van der Waals surface area contributed by atoms with Gasteiger partial charge < -0.3 is 15.4 Å². The molecule has 0 aliphatic carbocycles. The predicted octanol–water partition coefficient (Wildman–Crippen LogP) is 3.04. The summed E-state index contributed by atoms with van der Waals surface area (Å²) in [6, 6.07) is 12.7. The Morgan fingerprint density at radius 2 is 1.88 bits per heavy atom. The van der Waals surface area contributed by atoms with Gasteiger partial charge >= 0.3 is 5.69 Å². The number of nitrogens with one attached hydrogen (secondary N) is 2. The van der Waals surface area contributed by atoms with Gasteiger partial charge in [-0.15, -0.1) is 5.10 Å². The Morgan fingerprint density at radius 1 is 1.12 bits per heavy atom. The summed E-state index contributed by atoms with van der Waals surface area (Å²) in [6.07, 6.45) is 0. The fourth-order valence-electron chi connectivity index (χ4n) is 3.25. The SMILES string of the molecule is COc1ccc(C)cc1NC(=O)Cn1nc2cc(C)nc(Nc3ccc(F)cc3)n2c1=O. The van der Waals surface area contributed by atoms with Crippen molar-refractivity contribution < 1.29 is 13.9 Å². The van der Waals surface area contributed by atoms with Crippen LogP contribution >= 0.6 is 0 Å². The number of carbonyl (C=O) groups is 1. The van der Waals surface area contributed by atoms with Crippen LogP contribution in [0.1, 0.15) is 11.3 Å². The van der Waals surface area contributed by atoms with Crippen LogP contribution in [0, 0.1) is 19.7 Å². The van der Waals surface area contributed by atoms with Crippen LogP contribution in [-0.2, 0) is 11.3 Å². The number of hydrogen-bond donors (Lipinski definition) is 2. The second kappa shape index (κ2) is 8.50. The highest BCUT2D eigenvalue weighted by molar-refractivity contribution is 5.92. The second-order valence-electron chi connectivity index (χ2n) is 7.24. The van der Waals surface area contributed by atoms with Crippen LogP contribution in [0.2, 0.25) is 0 Å². The monoisotopic (exact) mass is 436 g/mol. The average Bonchev–Trinajstić information content (AvgIpc) is 3.04. The molecular formula is C22H21FN6O3. The summed E-state index contributed by atoms with van der Waals surface area (Å²) < 4.78 is 20.8. The van der Waals surface area contributed by atoms with Gasteiger partial charge in [0.15, 0.2) is 5.65 Å². The molecule has 0 aliphatic rings. The minimum atomic E-state index is -0.538. The normalized spacial score (nSPS) is 10.9. The van der Waals surface area contributed by atoms with Gasteiger partial charge in [-0.05, 0) is 55.8 Å². The van der Waals surface area contributed by atoms with E-state index in [2.05, 4.69) is 20.7 Å². The van der Waals surface area contributed by atoms with E-state index in [0.29, 0.717) is 28.5 Å². The maximum absolute atomic E-state index is 13.2. The van der Waals surface area contributed by atoms with Gasteiger partial charge in [-0.3, -0.25) is 4.79 Å². The molecule has 0 saturated carbocycles. The first kappa shape index (κ1) is 21.0. The van der Waals surface area contributed by atoms with Gasteiger partial charge in [-0.25, -0.2) is 23.3 Å². The molecule has 0 atom stereocenters. The molecule has 4 aromatic rings. The van der Waals surface area contributed by atoms with Crippen LogP contribution in [0.5, 0.6) is 5.75 Å². The Morgan fingerprint density at radius 3 is 2.59 bits per heavy atom. The van der Waals surface area contributed by atoms with E-state index < -0.39 is 11.6 Å². The minimum Gasteiger partial charge on any atom is -0.495 e. The summed E-state index contributed by atoms with van der Waals surface area (Å²) in [5.74, 6) is -0.0863. The van der Waals surface area contributed by atoms with Crippen molar-refractivity contribution in [3.63, 3.8) is 0 Å². The number of anilines is 3. The summed E-state index contributed by atoms with van der Waals surface area (Å²) in [7, 11) is 1.51. The molecule has 0 unspecified atom stereocenters. The van der Waals surface area contributed by atoms with Crippen molar-refractivity contribution in [1.29, 1.82) is 0 Å². The fourth-order valence-corrected chi connectivity index (χ4v) is 3.25. The standard InChI is InChI=1S/C22H21FN6O3/c1-13-4-9-18(32-3)17(10-13)26-20(30)12-28-22(31)29-19(27-28)11-14(2)24-21(29)25-16-7-5-15(23)6-8-16/h4-11H,12H2,1-3H3,(H,24,25)(H,26,30). The van der Waals surface area contributed by atoms with E-state index in [4.69, 9.17) is 4.74 Å². The Kier molecular flexibility index (Phi) is 5.59. The van der Waals surface area contributed by atoms with E-state index in [1.807, 2.05) is 13.0 Å². The molecule has 1 amide bonds. The number of nitrogens with zero attached hydrogens (tertiary/aromatic N) is 4. The number of ether oxygens (including phenoxy) is 1. The van der Waals surface area contributed by atoms with Crippen molar-refractivity contribution in [3.8, 4) is 5.75 Å². The number of rotatable bonds is 6. The lowest BCUT2D eigenvalue weighted by atomic mass is 10.2. The van der Waals surface area contributed by atoms with Gasteiger partial charge in [0.2, 0.25) is 11.9 Å². The number of aryl methyl sites for hydroxylation is 2. The highest BCUT2D eigenvalue weighted by Crippen LogP contribution is 2.25. The molecule has 164 valence electrons. The van der Waals surface area contributed by atoms with E-state index >= 15 is 0 Å². The number of methoxy groups -OCH3 is 1. The topological polar surface area (TPSA) is 103 Å². The Bertz CT molecular complexity index is 1360. The minimum absolute atomic E-state index is 0.212. The van der Waals surface area contributed by atoms with E-state index in [0.717, 1.165) is 10.2 Å². The molecule has 9 nitrogen and oxygen atoms in total. The maximum atomic E-state index is 13.2. The molecule has 2 aromatic carbocycles. The molecule has 2 aromatic heterocycles. The zero-order chi connectivity index (χ0) is 22.8. The highest BCUT2D eigenvalue weighted by atomic mass is 19.1. The first-order valence-electron chi connectivity index (χ1n) is 9.78. The zero-order valence-corrected chi connectivity index (χ0v) is 17.7. The third kappa shape index (κ3) is 4.29. The molecule has 2 N–H and O–H groups in total. The molecule has 0 fully saturated rings. The summed E-state index contributed by atoms with van der Waals surface area (Å²) in [6.45, 7) is 3.36. The van der Waals surface area contributed by atoms with E-state index in [9.17, 15) is 14.0 Å². The summed E-state index contributed by atoms with van der Waals surface area (Å²) in [5, 5.41) is 10.0. The first-order valence-corrected chi connectivity index (χ1v) is 9.78. The van der Waals surface area contributed by atoms with Gasteiger partial charge in [0.1, 0.15) is 18.1 Å². The van der Waals surface area contributed by atoms with Crippen molar-refractivity contribution in [2.24, 2.45) is 0 Å². The van der Waals surface area contributed by atoms with E-state index in [-0.39, 0.29) is 18.3 Å². The number of halogens is 1. The fraction of sp³-hybridized carbons (Fsp3) is 0.182. The number of carbonyl (C=O) groups excluding carboxylic acids is 1. The molecular weight excluding hydrogens is 415 g/mol. The predicted molar refractivity (Wildman–Crippen MR) is 118 cm³/mol. The molecule has 0 spiro atoms.